The predicted octanol–water partition coefficient (Wildman–Crippen LogP) is 1.43. The van der Waals surface area contributed by atoms with Crippen LogP contribution in [0, 0.1) is 0 Å². The maximum atomic E-state index is 12.1. The average molecular weight is 245 g/mol. The van der Waals surface area contributed by atoms with E-state index in [0.29, 0.717) is 36.0 Å². The lowest BCUT2D eigenvalue weighted by atomic mass is 10.1. The van der Waals surface area contributed by atoms with E-state index in [9.17, 15) is 4.79 Å². The Morgan fingerprint density at radius 1 is 1.33 bits per heavy atom. The van der Waals surface area contributed by atoms with E-state index in [1.165, 1.54) is 6.20 Å². The van der Waals surface area contributed by atoms with Gasteiger partial charge in [0, 0.05) is 6.20 Å². The molecular formula is C12H11N3O3. The molecule has 0 saturated heterocycles. The number of carbonyl (C=O) groups excluding carboxylic acids is 1. The molecular weight excluding hydrogens is 234 g/mol. The summed E-state index contributed by atoms with van der Waals surface area (Å²) in [5, 5.41) is 9.11. The molecule has 0 fully saturated rings. The van der Waals surface area contributed by atoms with Crippen LogP contribution >= 0.6 is 0 Å². The Hall–Kier alpha value is -2.50. The molecule has 6 heteroatoms. The number of nitrogens with zero attached hydrogens (tertiary/aromatic N) is 1. The van der Waals surface area contributed by atoms with E-state index in [-0.39, 0.29) is 5.91 Å². The van der Waals surface area contributed by atoms with Crippen molar-refractivity contribution in [1.82, 2.24) is 10.2 Å². The number of rotatable bonds is 2. The van der Waals surface area contributed by atoms with Gasteiger partial charge in [-0.1, -0.05) is 6.07 Å². The highest BCUT2D eigenvalue weighted by Crippen LogP contribution is 2.33. The van der Waals surface area contributed by atoms with Crippen LogP contribution in [-0.2, 0) is 0 Å². The van der Waals surface area contributed by atoms with Gasteiger partial charge in [-0.15, -0.1) is 0 Å². The quantitative estimate of drug-likeness (QED) is 0.839. The molecule has 1 aromatic heterocycles. The van der Waals surface area contributed by atoms with Crippen LogP contribution in [0.1, 0.15) is 10.4 Å². The molecule has 0 spiro atoms. The van der Waals surface area contributed by atoms with Gasteiger partial charge in [-0.3, -0.25) is 9.89 Å². The maximum absolute atomic E-state index is 12.1. The van der Waals surface area contributed by atoms with E-state index >= 15 is 0 Å². The summed E-state index contributed by atoms with van der Waals surface area (Å²) in [6, 6.07) is 5.24. The summed E-state index contributed by atoms with van der Waals surface area (Å²) < 4.78 is 10.9. The van der Waals surface area contributed by atoms with Crippen molar-refractivity contribution in [1.29, 1.82) is 0 Å². The summed E-state index contributed by atoms with van der Waals surface area (Å²) in [5.41, 5.74) is 1.06. The van der Waals surface area contributed by atoms with E-state index in [1.54, 1.807) is 24.4 Å². The van der Waals surface area contributed by atoms with Crippen molar-refractivity contribution in [2.45, 2.75) is 0 Å². The highest BCUT2D eigenvalue weighted by atomic mass is 16.6. The zero-order valence-electron chi connectivity index (χ0n) is 9.47. The van der Waals surface area contributed by atoms with Gasteiger partial charge >= 0.3 is 0 Å². The molecule has 2 heterocycles. The molecule has 18 heavy (non-hydrogen) atoms. The molecule has 0 atom stereocenters. The van der Waals surface area contributed by atoms with Crippen molar-refractivity contribution in [3.63, 3.8) is 0 Å². The number of nitrogens with one attached hydrogen (secondary N) is 2. The average Bonchev–Trinajstić information content (AvgIpc) is 2.91. The molecule has 1 amide bonds. The van der Waals surface area contributed by atoms with Crippen molar-refractivity contribution in [3.8, 4) is 11.5 Å². The number of H-pyrrole nitrogens is 1. The van der Waals surface area contributed by atoms with Crippen molar-refractivity contribution < 1.29 is 14.3 Å². The van der Waals surface area contributed by atoms with Gasteiger partial charge in [0.2, 0.25) is 0 Å². The van der Waals surface area contributed by atoms with Gasteiger partial charge in [0.05, 0.1) is 17.4 Å². The van der Waals surface area contributed by atoms with Crippen LogP contribution in [-0.4, -0.2) is 29.3 Å². The summed E-state index contributed by atoms with van der Waals surface area (Å²) in [4.78, 5) is 12.1. The summed E-state index contributed by atoms with van der Waals surface area (Å²) >= 11 is 0. The second-order valence-electron chi connectivity index (χ2n) is 3.77. The Balaban J connectivity index is 1.89. The molecule has 0 aliphatic carbocycles. The molecule has 1 aromatic carbocycles. The predicted molar refractivity (Wildman–Crippen MR) is 64.0 cm³/mol. The van der Waals surface area contributed by atoms with Crippen LogP contribution in [0.15, 0.2) is 30.6 Å². The minimum absolute atomic E-state index is 0.251. The Morgan fingerprint density at radius 3 is 3.06 bits per heavy atom. The van der Waals surface area contributed by atoms with E-state index < -0.39 is 0 Å². The first-order valence-corrected chi connectivity index (χ1v) is 5.53. The number of hydrogen-bond donors (Lipinski definition) is 2. The molecule has 0 unspecified atom stereocenters. The van der Waals surface area contributed by atoms with Crippen LogP contribution in [0.4, 0.5) is 5.69 Å². The molecule has 0 bridgehead atoms. The highest BCUT2D eigenvalue weighted by Gasteiger charge is 2.20. The number of fused-ring (bicyclic) bond motifs is 1. The minimum Gasteiger partial charge on any atom is -0.486 e. The summed E-state index contributed by atoms with van der Waals surface area (Å²) in [6.45, 7) is 0.947. The number of hydrogen-bond acceptors (Lipinski definition) is 4. The van der Waals surface area contributed by atoms with Gasteiger partial charge in [-0.25, -0.2) is 0 Å². The fraction of sp³-hybridized carbons (Fsp3) is 0.167. The minimum atomic E-state index is -0.251. The van der Waals surface area contributed by atoms with Gasteiger partial charge in [-0.05, 0) is 12.1 Å². The lowest BCUT2D eigenvalue weighted by Crippen LogP contribution is -2.20. The molecule has 1 aliphatic rings. The lowest BCUT2D eigenvalue weighted by molar-refractivity contribution is 0.101. The molecule has 3 rings (SSSR count). The zero-order chi connectivity index (χ0) is 12.4. The number of aromatic nitrogens is 2. The monoisotopic (exact) mass is 245 g/mol. The third-order valence-corrected chi connectivity index (χ3v) is 2.57. The molecule has 6 nitrogen and oxygen atoms in total. The Labute approximate surface area is 103 Å². The first-order chi connectivity index (χ1) is 8.84. The normalized spacial score (nSPS) is 13.1. The van der Waals surface area contributed by atoms with Crippen LogP contribution in [0.5, 0.6) is 11.5 Å². The van der Waals surface area contributed by atoms with Crippen LogP contribution in [0.25, 0.3) is 0 Å². The largest absolute Gasteiger partial charge is 0.486 e. The molecule has 0 saturated carbocycles. The second-order valence-corrected chi connectivity index (χ2v) is 3.77. The van der Waals surface area contributed by atoms with E-state index in [0.717, 1.165) is 0 Å². The van der Waals surface area contributed by atoms with Crippen molar-refractivity contribution in [2.75, 3.05) is 18.5 Å². The number of para-hydroxylation sites is 1. The highest BCUT2D eigenvalue weighted by molar-refractivity contribution is 6.06. The topological polar surface area (TPSA) is 76.2 Å². The zero-order valence-corrected chi connectivity index (χ0v) is 9.47. The Kier molecular flexibility index (Phi) is 2.60. The van der Waals surface area contributed by atoms with Crippen molar-refractivity contribution in [2.24, 2.45) is 0 Å². The van der Waals surface area contributed by atoms with Crippen LogP contribution < -0.4 is 14.8 Å². The Morgan fingerprint density at radius 2 is 2.22 bits per heavy atom. The molecule has 92 valence electrons. The molecule has 1 aliphatic heterocycles. The Bertz CT molecular complexity index is 566. The van der Waals surface area contributed by atoms with Gasteiger partial charge in [0.25, 0.3) is 5.91 Å². The summed E-state index contributed by atoms with van der Waals surface area (Å²) in [5.74, 6) is 0.838. The molecule has 0 radical (unpaired) electrons. The van der Waals surface area contributed by atoms with Gasteiger partial charge in [-0.2, -0.15) is 5.10 Å². The third-order valence-electron chi connectivity index (χ3n) is 2.57. The summed E-state index contributed by atoms with van der Waals surface area (Å²) in [6.07, 6.45) is 3.13. The number of benzene rings is 1. The standard InChI is InChI=1S/C12H11N3O3/c16-12(15-8-6-13-14-7-8)9-2-1-3-10-11(9)18-5-4-17-10/h1-3,6-7H,4-5H2,(H,13,14)(H,15,16). The smallest absolute Gasteiger partial charge is 0.259 e. The first kappa shape index (κ1) is 10.6. The summed E-state index contributed by atoms with van der Waals surface area (Å²) in [7, 11) is 0. The first-order valence-electron chi connectivity index (χ1n) is 5.53. The second kappa shape index (κ2) is 4.40. The number of carbonyl (C=O) groups is 1. The van der Waals surface area contributed by atoms with Gasteiger partial charge < -0.3 is 14.8 Å². The molecule has 2 aromatic rings. The maximum Gasteiger partial charge on any atom is 0.259 e. The molecule has 2 N–H and O–H groups in total. The van der Waals surface area contributed by atoms with E-state index in [1.807, 2.05) is 0 Å². The lowest BCUT2D eigenvalue weighted by Gasteiger charge is -2.20. The third kappa shape index (κ3) is 1.88. The van der Waals surface area contributed by atoms with Gasteiger partial charge in [0.1, 0.15) is 13.2 Å². The van der Waals surface area contributed by atoms with Crippen LogP contribution in [0.3, 0.4) is 0 Å². The van der Waals surface area contributed by atoms with Crippen molar-refractivity contribution >= 4 is 11.6 Å². The van der Waals surface area contributed by atoms with E-state index in [4.69, 9.17) is 9.47 Å². The van der Waals surface area contributed by atoms with Crippen LogP contribution in [0.2, 0.25) is 0 Å². The number of anilines is 1. The fourth-order valence-electron chi connectivity index (χ4n) is 1.77. The number of ether oxygens (including phenoxy) is 2. The van der Waals surface area contributed by atoms with Crippen molar-refractivity contribution in [3.05, 3.63) is 36.2 Å². The number of amides is 1. The number of aromatic amines is 1. The van der Waals surface area contributed by atoms with Gasteiger partial charge in [0.15, 0.2) is 11.5 Å². The SMILES string of the molecule is O=C(Nc1cn[nH]c1)c1cccc2c1OCCO2. The fourth-order valence-corrected chi connectivity index (χ4v) is 1.77. The van der Waals surface area contributed by atoms with E-state index in [2.05, 4.69) is 15.5 Å².